The van der Waals surface area contributed by atoms with E-state index in [9.17, 15) is 4.79 Å². The van der Waals surface area contributed by atoms with E-state index in [0.717, 1.165) is 12.1 Å². The zero-order chi connectivity index (χ0) is 13.0. The van der Waals surface area contributed by atoms with E-state index in [-0.39, 0.29) is 28.2 Å². The van der Waals surface area contributed by atoms with Gasteiger partial charge in [0, 0.05) is 24.2 Å². The summed E-state index contributed by atoms with van der Waals surface area (Å²) in [6.07, 6.45) is 0.727. The molecule has 0 saturated carbocycles. The minimum absolute atomic E-state index is 0. The standard InChI is InChI=1S/C12H13ClN2O2S.BrH/c1-14-12(18-10-6-7-17-11(10)16)15-9-4-2-8(13)3-5-9;/h2-5,10H,6-7H2,1H3,(H,14,15);1H. The summed E-state index contributed by atoms with van der Waals surface area (Å²) in [4.78, 5) is 15.5. The monoisotopic (exact) mass is 364 g/mol. The van der Waals surface area contributed by atoms with Crippen LogP contribution in [-0.2, 0) is 9.53 Å². The molecule has 1 aromatic carbocycles. The molecule has 1 fully saturated rings. The van der Waals surface area contributed by atoms with Crippen LogP contribution in [0.4, 0.5) is 5.69 Å². The number of esters is 1. The van der Waals surface area contributed by atoms with Crippen molar-refractivity contribution in [2.45, 2.75) is 11.7 Å². The molecule has 104 valence electrons. The highest BCUT2D eigenvalue weighted by Crippen LogP contribution is 2.24. The molecular formula is C12H14BrClN2O2S. The minimum Gasteiger partial charge on any atom is -0.465 e. The molecule has 1 aliphatic heterocycles. The van der Waals surface area contributed by atoms with Gasteiger partial charge in [0.15, 0.2) is 5.17 Å². The first kappa shape index (κ1) is 16.3. The number of carbonyl (C=O) groups excluding carboxylic acids is 1. The average Bonchev–Trinajstić information content (AvgIpc) is 2.77. The summed E-state index contributed by atoms with van der Waals surface area (Å²) in [5.41, 5.74) is 0.888. The Balaban J connectivity index is 0.00000180. The number of ether oxygens (including phenoxy) is 1. The number of thioether (sulfide) groups is 1. The van der Waals surface area contributed by atoms with Crippen LogP contribution < -0.4 is 5.32 Å². The third kappa shape index (κ3) is 4.71. The van der Waals surface area contributed by atoms with Gasteiger partial charge in [0.05, 0.1) is 6.61 Å². The number of anilines is 1. The number of cyclic esters (lactones) is 1. The van der Waals surface area contributed by atoms with Crippen molar-refractivity contribution in [3.63, 3.8) is 0 Å². The largest absolute Gasteiger partial charge is 0.465 e. The lowest BCUT2D eigenvalue weighted by Crippen LogP contribution is -2.17. The van der Waals surface area contributed by atoms with Crippen LogP contribution in [0.2, 0.25) is 5.02 Å². The normalized spacial score (nSPS) is 18.7. The molecule has 19 heavy (non-hydrogen) atoms. The summed E-state index contributed by atoms with van der Waals surface area (Å²) in [6.45, 7) is 0.494. The number of nitrogens with zero attached hydrogens (tertiary/aromatic N) is 1. The van der Waals surface area contributed by atoms with Crippen molar-refractivity contribution in [2.24, 2.45) is 4.99 Å². The molecule has 1 aliphatic rings. The van der Waals surface area contributed by atoms with Crippen LogP contribution in [0.1, 0.15) is 6.42 Å². The number of rotatable bonds is 2. The lowest BCUT2D eigenvalue weighted by molar-refractivity contribution is -0.137. The van der Waals surface area contributed by atoms with E-state index >= 15 is 0 Å². The third-order valence-corrected chi connectivity index (χ3v) is 3.91. The molecule has 7 heteroatoms. The number of halogens is 2. The maximum atomic E-state index is 11.4. The molecule has 1 saturated heterocycles. The Morgan fingerprint density at radius 1 is 1.47 bits per heavy atom. The predicted octanol–water partition coefficient (Wildman–Crippen LogP) is 3.36. The van der Waals surface area contributed by atoms with Crippen LogP contribution in [-0.4, -0.2) is 30.0 Å². The van der Waals surface area contributed by atoms with Gasteiger partial charge in [0.2, 0.25) is 0 Å². The Bertz CT molecular complexity index is 467. The zero-order valence-corrected chi connectivity index (χ0v) is 13.5. The average molecular weight is 366 g/mol. The lowest BCUT2D eigenvalue weighted by atomic mass is 10.3. The molecule has 0 spiro atoms. The number of hydrogen-bond donors (Lipinski definition) is 1. The van der Waals surface area contributed by atoms with Crippen molar-refractivity contribution in [2.75, 3.05) is 19.0 Å². The Hall–Kier alpha value is -0.720. The maximum Gasteiger partial charge on any atom is 0.319 e. The van der Waals surface area contributed by atoms with Crippen molar-refractivity contribution < 1.29 is 9.53 Å². The molecule has 1 heterocycles. The zero-order valence-electron chi connectivity index (χ0n) is 10.3. The van der Waals surface area contributed by atoms with E-state index < -0.39 is 0 Å². The minimum atomic E-state index is -0.168. The van der Waals surface area contributed by atoms with E-state index in [1.54, 1.807) is 19.2 Å². The molecular weight excluding hydrogens is 352 g/mol. The fourth-order valence-corrected chi connectivity index (χ4v) is 2.57. The number of hydrogen-bond acceptors (Lipinski definition) is 4. The number of amidine groups is 1. The van der Waals surface area contributed by atoms with Gasteiger partial charge in [-0.3, -0.25) is 9.79 Å². The molecule has 0 aromatic heterocycles. The van der Waals surface area contributed by atoms with Crippen LogP contribution >= 0.6 is 40.3 Å². The van der Waals surface area contributed by atoms with Gasteiger partial charge in [-0.2, -0.15) is 0 Å². The summed E-state index contributed by atoms with van der Waals surface area (Å²) >= 11 is 7.21. The topological polar surface area (TPSA) is 50.7 Å². The first-order valence-electron chi connectivity index (χ1n) is 5.51. The number of benzene rings is 1. The molecule has 1 aromatic rings. The van der Waals surface area contributed by atoms with Crippen LogP contribution in [0.15, 0.2) is 29.3 Å². The first-order valence-corrected chi connectivity index (χ1v) is 6.77. The predicted molar refractivity (Wildman–Crippen MR) is 85.7 cm³/mol. The van der Waals surface area contributed by atoms with E-state index in [1.807, 2.05) is 12.1 Å². The second-order valence-electron chi connectivity index (χ2n) is 3.72. The Morgan fingerprint density at radius 3 is 2.68 bits per heavy atom. The highest BCUT2D eigenvalue weighted by molar-refractivity contribution is 8.93. The van der Waals surface area contributed by atoms with Gasteiger partial charge in [-0.25, -0.2) is 0 Å². The molecule has 0 bridgehead atoms. The van der Waals surface area contributed by atoms with Gasteiger partial charge in [-0.1, -0.05) is 23.4 Å². The molecule has 0 aliphatic carbocycles. The summed E-state index contributed by atoms with van der Waals surface area (Å²) in [5.74, 6) is -0.168. The van der Waals surface area contributed by atoms with E-state index in [0.29, 0.717) is 16.8 Å². The van der Waals surface area contributed by atoms with Crippen LogP contribution in [0.3, 0.4) is 0 Å². The molecule has 1 atom stereocenters. The van der Waals surface area contributed by atoms with Gasteiger partial charge in [-0.05, 0) is 24.3 Å². The smallest absolute Gasteiger partial charge is 0.319 e. The third-order valence-electron chi connectivity index (χ3n) is 2.44. The molecule has 2 rings (SSSR count). The second kappa shape index (κ2) is 7.77. The Morgan fingerprint density at radius 2 is 2.16 bits per heavy atom. The van der Waals surface area contributed by atoms with E-state index in [4.69, 9.17) is 16.3 Å². The number of nitrogens with one attached hydrogen (secondary N) is 1. The van der Waals surface area contributed by atoms with E-state index in [1.165, 1.54) is 11.8 Å². The van der Waals surface area contributed by atoms with Crippen molar-refractivity contribution in [1.82, 2.24) is 0 Å². The van der Waals surface area contributed by atoms with Gasteiger partial charge < -0.3 is 10.1 Å². The summed E-state index contributed by atoms with van der Waals surface area (Å²) in [7, 11) is 1.69. The van der Waals surface area contributed by atoms with Gasteiger partial charge in [-0.15, -0.1) is 17.0 Å². The highest BCUT2D eigenvalue weighted by atomic mass is 79.9. The second-order valence-corrected chi connectivity index (χ2v) is 5.35. The van der Waals surface area contributed by atoms with Crippen molar-refractivity contribution in [1.29, 1.82) is 0 Å². The fraction of sp³-hybridized carbons (Fsp3) is 0.333. The SMILES string of the molecule is Br.CN=C(Nc1ccc(Cl)cc1)SC1CCOC1=O. The van der Waals surface area contributed by atoms with Gasteiger partial charge in [0.25, 0.3) is 0 Å². The molecule has 1 N–H and O–H groups in total. The Kier molecular flexibility index (Phi) is 6.68. The van der Waals surface area contributed by atoms with Gasteiger partial charge in [0.1, 0.15) is 5.25 Å². The molecule has 1 unspecified atom stereocenters. The van der Waals surface area contributed by atoms with Crippen molar-refractivity contribution in [3.05, 3.63) is 29.3 Å². The maximum absolute atomic E-state index is 11.4. The fourth-order valence-electron chi connectivity index (χ4n) is 1.51. The quantitative estimate of drug-likeness (QED) is 0.496. The van der Waals surface area contributed by atoms with Gasteiger partial charge >= 0.3 is 5.97 Å². The van der Waals surface area contributed by atoms with Crippen LogP contribution in [0.5, 0.6) is 0 Å². The Labute approximate surface area is 131 Å². The van der Waals surface area contributed by atoms with Crippen molar-refractivity contribution in [3.8, 4) is 0 Å². The molecule has 0 amide bonds. The lowest BCUT2D eigenvalue weighted by Gasteiger charge is -2.11. The summed E-state index contributed by atoms with van der Waals surface area (Å²) in [6, 6.07) is 7.32. The van der Waals surface area contributed by atoms with E-state index in [2.05, 4.69) is 10.3 Å². The number of aliphatic imine (C=N–C) groups is 1. The van der Waals surface area contributed by atoms with Crippen LogP contribution in [0, 0.1) is 0 Å². The molecule has 4 nitrogen and oxygen atoms in total. The summed E-state index contributed by atoms with van der Waals surface area (Å²) < 4.78 is 4.92. The number of carbonyl (C=O) groups is 1. The summed E-state index contributed by atoms with van der Waals surface area (Å²) in [5, 5.41) is 4.36. The van der Waals surface area contributed by atoms with Crippen molar-refractivity contribution >= 4 is 57.2 Å². The first-order chi connectivity index (χ1) is 8.69. The molecule has 0 radical (unpaired) electrons. The highest BCUT2D eigenvalue weighted by Gasteiger charge is 2.28. The van der Waals surface area contributed by atoms with Crippen LogP contribution in [0.25, 0.3) is 0 Å².